The van der Waals surface area contributed by atoms with E-state index in [1.807, 2.05) is 0 Å². The normalized spacial score (nSPS) is 11.5. The van der Waals surface area contributed by atoms with Crippen molar-refractivity contribution in [2.45, 2.75) is 25.5 Å². The predicted octanol–water partition coefficient (Wildman–Crippen LogP) is 5.20. The maximum absolute atomic E-state index is 12.2. The molecule has 2 aromatic rings. The number of aromatic nitrogens is 2. The Morgan fingerprint density at radius 2 is 1.85 bits per heavy atom. The summed E-state index contributed by atoms with van der Waals surface area (Å²) in [6.07, 6.45) is 1.42. The number of hydrogen-bond acceptors (Lipinski definition) is 6. The van der Waals surface area contributed by atoms with Crippen LogP contribution in [0.25, 0.3) is 0 Å². The van der Waals surface area contributed by atoms with Crippen molar-refractivity contribution in [2.75, 3.05) is 12.4 Å². The average Bonchev–Trinajstić information content (AvgIpc) is 2.52. The van der Waals surface area contributed by atoms with Crippen LogP contribution in [0.1, 0.15) is 12.0 Å². The summed E-state index contributed by atoms with van der Waals surface area (Å²) >= 11 is -0.114. The zero-order chi connectivity index (χ0) is 19.9. The lowest BCUT2D eigenvalue weighted by atomic mass is 10.3. The summed E-state index contributed by atoms with van der Waals surface area (Å²) in [5.41, 5.74) is -3.53. The molecule has 148 valence electrons. The molecule has 5 nitrogen and oxygen atoms in total. The van der Waals surface area contributed by atoms with Gasteiger partial charge in [-0.25, -0.2) is 4.98 Å². The van der Waals surface area contributed by atoms with Crippen LogP contribution in [-0.2, 0) is 0 Å². The van der Waals surface area contributed by atoms with Gasteiger partial charge < -0.3 is 14.2 Å². The monoisotopic (exact) mass is 410 g/mol. The molecule has 0 unspecified atom stereocenters. The van der Waals surface area contributed by atoms with Crippen LogP contribution < -0.4 is 14.2 Å². The summed E-state index contributed by atoms with van der Waals surface area (Å²) in [4.78, 5) is 7.71. The van der Waals surface area contributed by atoms with Gasteiger partial charge in [-0.05, 0) is 25.0 Å². The second kappa shape index (κ2) is 9.58. The standard InChI is InChI=1S/C16H15F5N2O3S/c1-10-7-13(24-5-2-6-27-16(19,20)21)23-14(8-10)25-11-3-4-22-12(9-11)26-15(17)18/h3-4,7-9,15H,2,5-6H2,1H3. The fourth-order valence-corrected chi connectivity index (χ4v) is 2.38. The number of pyridine rings is 2. The van der Waals surface area contributed by atoms with Crippen molar-refractivity contribution in [2.24, 2.45) is 0 Å². The molecule has 0 N–H and O–H groups in total. The molecule has 0 radical (unpaired) electrons. The first kappa shape index (κ1) is 21.0. The van der Waals surface area contributed by atoms with Crippen LogP contribution in [0.3, 0.4) is 0 Å². The third kappa shape index (κ3) is 8.29. The van der Waals surface area contributed by atoms with Crippen LogP contribution in [0.4, 0.5) is 22.0 Å². The lowest BCUT2D eigenvalue weighted by molar-refractivity contribution is -0.0529. The first-order chi connectivity index (χ1) is 12.7. The molecule has 0 amide bonds. The number of thioether (sulfide) groups is 1. The third-order valence-corrected chi connectivity index (χ3v) is 3.69. The molecule has 0 aliphatic carbocycles. The second-order valence-corrected chi connectivity index (χ2v) is 6.29. The van der Waals surface area contributed by atoms with Crippen LogP contribution in [0.5, 0.6) is 23.4 Å². The fraction of sp³-hybridized carbons (Fsp3) is 0.375. The fourth-order valence-electron chi connectivity index (χ4n) is 1.89. The van der Waals surface area contributed by atoms with Gasteiger partial charge in [0.15, 0.2) is 0 Å². The zero-order valence-electron chi connectivity index (χ0n) is 14.0. The number of nitrogens with zero attached hydrogens (tertiary/aromatic N) is 2. The van der Waals surface area contributed by atoms with E-state index < -0.39 is 12.1 Å². The van der Waals surface area contributed by atoms with Crippen LogP contribution in [0.2, 0.25) is 0 Å². The Morgan fingerprint density at radius 3 is 2.56 bits per heavy atom. The Balaban J connectivity index is 1.94. The molecule has 0 saturated carbocycles. The second-order valence-electron chi connectivity index (χ2n) is 5.13. The summed E-state index contributed by atoms with van der Waals surface area (Å²) in [5.74, 6) is 0.0480. The highest BCUT2D eigenvalue weighted by molar-refractivity contribution is 8.00. The smallest absolute Gasteiger partial charge is 0.441 e. The molecule has 0 saturated heterocycles. The van der Waals surface area contributed by atoms with Crippen molar-refractivity contribution < 1.29 is 36.2 Å². The average molecular weight is 410 g/mol. The first-order valence-electron chi connectivity index (χ1n) is 7.62. The first-order valence-corrected chi connectivity index (χ1v) is 8.61. The molecule has 2 aromatic heterocycles. The number of rotatable bonds is 9. The number of aryl methyl sites for hydroxylation is 1. The van der Waals surface area contributed by atoms with E-state index in [0.717, 1.165) is 5.56 Å². The molecule has 0 aliphatic rings. The van der Waals surface area contributed by atoms with Crippen molar-refractivity contribution in [1.29, 1.82) is 0 Å². The summed E-state index contributed by atoms with van der Waals surface area (Å²) in [7, 11) is 0. The van der Waals surface area contributed by atoms with E-state index in [1.54, 1.807) is 19.1 Å². The Kier molecular flexibility index (Phi) is 7.45. The minimum atomic E-state index is -4.26. The van der Waals surface area contributed by atoms with Crippen LogP contribution in [0, 0.1) is 6.92 Å². The molecule has 0 fully saturated rings. The SMILES string of the molecule is Cc1cc(OCCCSC(F)(F)F)nc(Oc2ccnc(OC(F)F)c2)c1. The number of hydrogen-bond donors (Lipinski definition) is 0. The molecular formula is C16H15F5N2O3S. The third-order valence-electron chi connectivity index (χ3n) is 2.87. The van der Waals surface area contributed by atoms with E-state index in [0.29, 0.717) is 0 Å². The summed E-state index contributed by atoms with van der Waals surface area (Å²) in [6, 6.07) is 5.78. The van der Waals surface area contributed by atoms with Gasteiger partial charge in [0.05, 0.1) is 6.61 Å². The number of halogens is 5. The van der Waals surface area contributed by atoms with Crippen LogP contribution in [0.15, 0.2) is 30.5 Å². The maximum atomic E-state index is 12.2. The van der Waals surface area contributed by atoms with Gasteiger partial charge in [-0.15, -0.1) is 0 Å². The minimum Gasteiger partial charge on any atom is -0.478 e. The van der Waals surface area contributed by atoms with Gasteiger partial charge in [0.2, 0.25) is 17.6 Å². The Hall–Kier alpha value is -2.30. The molecule has 2 rings (SSSR count). The highest BCUT2D eigenvalue weighted by Crippen LogP contribution is 2.30. The lowest BCUT2D eigenvalue weighted by Gasteiger charge is -2.10. The lowest BCUT2D eigenvalue weighted by Crippen LogP contribution is -2.05. The summed E-state index contributed by atoms with van der Waals surface area (Å²) < 4.78 is 75.6. The quantitative estimate of drug-likeness (QED) is 0.418. The van der Waals surface area contributed by atoms with E-state index in [2.05, 4.69) is 14.7 Å². The molecule has 0 atom stereocenters. The maximum Gasteiger partial charge on any atom is 0.441 e. The van der Waals surface area contributed by atoms with E-state index >= 15 is 0 Å². The Morgan fingerprint density at radius 1 is 1.11 bits per heavy atom. The molecule has 0 spiro atoms. The summed E-state index contributed by atoms with van der Waals surface area (Å²) in [5, 5.41) is 0. The highest BCUT2D eigenvalue weighted by atomic mass is 32.2. The van der Waals surface area contributed by atoms with Crippen molar-refractivity contribution in [3.63, 3.8) is 0 Å². The van der Waals surface area contributed by atoms with Gasteiger partial charge in [0.1, 0.15) is 5.75 Å². The molecule has 11 heteroatoms. The van der Waals surface area contributed by atoms with E-state index in [9.17, 15) is 22.0 Å². The van der Waals surface area contributed by atoms with Gasteiger partial charge in [-0.2, -0.15) is 26.9 Å². The Bertz CT molecular complexity index is 746. The van der Waals surface area contributed by atoms with Crippen molar-refractivity contribution in [1.82, 2.24) is 9.97 Å². The van der Waals surface area contributed by atoms with Crippen molar-refractivity contribution in [3.8, 4) is 23.4 Å². The predicted molar refractivity (Wildman–Crippen MR) is 88.5 cm³/mol. The molecule has 0 aliphatic heterocycles. The zero-order valence-corrected chi connectivity index (χ0v) is 14.8. The van der Waals surface area contributed by atoms with Crippen LogP contribution >= 0.6 is 11.8 Å². The van der Waals surface area contributed by atoms with Crippen molar-refractivity contribution >= 4 is 11.8 Å². The Labute approximate surface area is 155 Å². The van der Waals surface area contributed by atoms with Gasteiger partial charge >= 0.3 is 12.1 Å². The largest absolute Gasteiger partial charge is 0.478 e. The minimum absolute atomic E-state index is 0.0562. The van der Waals surface area contributed by atoms with Crippen LogP contribution in [-0.4, -0.2) is 34.4 Å². The molecule has 2 heterocycles. The topological polar surface area (TPSA) is 53.5 Å². The van der Waals surface area contributed by atoms with Gasteiger partial charge in [-0.3, -0.25) is 0 Å². The molecule has 0 aromatic carbocycles. The molecule has 27 heavy (non-hydrogen) atoms. The summed E-state index contributed by atoms with van der Waals surface area (Å²) in [6.45, 7) is -1.21. The van der Waals surface area contributed by atoms with E-state index in [1.165, 1.54) is 18.3 Å². The number of ether oxygens (including phenoxy) is 3. The molecular weight excluding hydrogens is 395 g/mol. The van der Waals surface area contributed by atoms with Crippen molar-refractivity contribution in [3.05, 3.63) is 36.0 Å². The van der Waals surface area contributed by atoms with Gasteiger partial charge in [-0.1, -0.05) is 11.8 Å². The molecule has 0 bridgehead atoms. The van der Waals surface area contributed by atoms with Gasteiger partial charge in [0, 0.05) is 30.1 Å². The van der Waals surface area contributed by atoms with E-state index in [-0.39, 0.29) is 53.9 Å². The van der Waals surface area contributed by atoms with E-state index in [4.69, 9.17) is 9.47 Å². The number of alkyl halides is 5. The highest BCUT2D eigenvalue weighted by Gasteiger charge is 2.27. The van der Waals surface area contributed by atoms with Gasteiger partial charge in [0.25, 0.3) is 0 Å².